The first kappa shape index (κ1) is 23.9. The van der Waals surface area contributed by atoms with Gasteiger partial charge in [0.1, 0.15) is 11.9 Å². The van der Waals surface area contributed by atoms with E-state index in [1.54, 1.807) is 7.11 Å². The number of hydrogen-bond donors (Lipinski definition) is 0. The van der Waals surface area contributed by atoms with E-state index < -0.39 is 14.4 Å². The number of carbonyl (C=O) groups excluding carboxylic acids is 1. The molecule has 3 rings (SSSR count). The Hall–Kier alpha value is -2.73. The van der Waals surface area contributed by atoms with Gasteiger partial charge in [0.25, 0.3) is 8.32 Å². The van der Waals surface area contributed by atoms with Crippen molar-refractivity contribution in [3.05, 3.63) is 90.5 Å². The van der Waals surface area contributed by atoms with E-state index in [-0.39, 0.29) is 11.6 Å². The second kappa shape index (κ2) is 10.7. The third kappa shape index (κ3) is 5.36. The van der Waals surface area contributed by atoms with Gasteiger partial charge in [-0.25, -0.2) is 0 Å². The molecule has 0 fully saturated rings. The first-order valence-corrected chi connectivity index (χ1v) is 12.8. The van der Waals surface area contributed by atoms with E-state index in [4.69, 9.17) is 13.9 Å². The summed E-state index contributed by atoms with van der Waals surface area (Å²) in [5.74, 6) is 0.788. The van der Waals surface area contributed by atoms with Gasteiger partial charge in [-0.15, -0.1) is 0 Å². The highest BCUT2D eigenvalue weighted by Crippen LogP contribution is 2.36. The second-order valence-corrected chi connectivity index (χ2v) is 13.1. The summed E-state index contributed by atoms with van der Waals surface area (Å²) in [7, 11) is -1.07. The molecule has 0 aliphatic carbocycles. The van der Waals surface area contributed by atoms with Gasteiger partial charge in [-0.05, 0) is 33.1 Å². The van der Waals surface area contributed by atoms with Crippen molar-refractivity contribution in [3.63, 3.8) is 0 Å². The minimum Gasteiger partial charge on any atom is -0.497 e. The van der Waals surface area contributed by atoms with E-state index in [1.807, 2.05) is 60.7 Å². The first-order chi connectivity index (χ1) is 15.4. The molecular weight excluding hydrogens is 416 g/mol. The summed E-state index contributed by atoms with van der Waals surface area (Å²) in [5, 5.41) is 2.20. The molecule has 0 heterocycles. The number of methoxy groups -OCH3 is 1. The van der Waals surface area contributed by atoms with Gasteiger partial charge < -0.3 is 18.7 Å². The fourth-order valence-electron chi connectivity index (χ4n) is 4.02. The van der Waals surface area contributed by atoms with E-state index in [1.165, 1.54) is 10.4 Å². The predicted molar refractivity (Wildman–Crippen MR) is 131 cm³/mol. The Morgan fingerprint density at radius 3 is 1.81 bits per heavy atom. The molecule has 0 N–H and O–H groups in total. The maximum atomic E-state index is 11.9. The largest absolute Gasteiger partial charge is 0.497 e. The lowest BCUT2D eigenvalue weighted by Crippen LogP contribution is -2.67. The van der Waals surface area contributed by atoms with E-state index in [0.717, 1.165) is 17.6 Å². The van der Waals surface area contributed by atoms with Crippen molar-refractivity contribution >= 4 is 25.0 Å². The van der Waals surface area contributed by atoms with Crippen LogP contribution in [0.1, 0.15) is 26.3 Å². The van der Waals surface area contributed by atoms with Crippen LogP contribution < -0.4 is 15.1 Å². The average molecular weight is 449 g/mol. The third-order valence-electron chi connectivity index (χ3n) is 5.66. The van der Waals surface area contributed by atoms with Gasteiger partial charge >= 0.3 is 0 Å². The molecule has 4 nitrogen and oxygen atoms in total. The van der Waals surface area contributed by atoms with Crippen LogP contribution in [0.3, 0.4) is 0 Å². The van der Waals surface area contributed by atoms with Crippen LogP contribution in [0.5, 0.6) is 5.75 Å². The second-order valence-electron chi connectivity index (χ2n) is 8.81. The Morgan fingerprint density at radius 2 is 1.38 bits per heavy atom. The number of aldehydes is 1. The standard InChI is InChI=1S/C27H32O4Si/c1-27(2,3)32(25-11-7-5-8-12-25,26-13-9-6-10-14-26)31-21-24(19-28)30-20-22-15-17-23(29-4)18-16-22/h5-19,24H,20-21H2,1-4H3/t24-/m1/s1. The Balaban J connectivity index is 1.84. The van der Waals surface area contributed by atoms with Crippen molar-refractivity contribution in [2.75, 3.05) is 13.7 Å². The molecule has 32 heavy (non-hydrogen) atoms. The maximum absolute atomic E-state index is 11.9. The Bertz CT molecular complexity index is 927. The average Bonchev–Trinajstić information content (AvgIpc) is 2.82. The molecule has 3 aromatic rings. The zero-order valence-corrected chi connectivity index (χ0v) is 20.3. The van der Waals surface area contributed by atoms with Crippen LogP contribution >= 0.6 is 0 Å². The van der Waals surface area contributed by atoms with Crippen molar-refractivity contribution in [3.8, 4) is 5.75 Å². The molecule has 1 atom stereocenters. The SMILES string of the molecule is COc1ccc(CO[C@H](C=O)CO[Si](c2ccccc2)(c2ccccc2)C(C)(C)C)cc1. The Kier molecular flexibility index (Phi) is 8.02. The zero-order chi connectivity index (χ0) is 23.0. The summed E-state index contributed by atoms with van der Waals surface area (Å²) < 4.78 is 17.9. The Labute approximate surface area is 192 Å². The minimum absolute atomic E-state index is 0.154. The lowest BCUT2D eigenvalue weighted by molar-refractivity contribution is -0.120. The molecule has 0 radical (unpaired) electrons. The summed E-state index contributed by atoms with van der Waals surface area (Å²) in [6.45, 7) is 7.18. The summed E-state index contributed by atoms with van der Waals surface area (Å²) >= 11 is 0. The summed E-state index contributed by atoms with van der Waals surface area (Å²) in [5.41, 5.74) is 0.975. The molecule has 0 saturated carbocycles. The van der Waals surface area contributed by atoms with Crippen LogP contribution in [0.2, 0.25) is 5.04 Å². The number of carbonyl (C=O) groups is 1. The van der Waals surface area contributed by atoms with Crippen LogP contribution in [-0.2, 0) is 20.6 Å². The van der Waals surface area contributed by atoms with Crippen LogP contribution in [0.15, 0.2) is 84.9 Å². The Morgan fingerprint density at radius 1 is 0.844 bits per heavy atom. The smallest absolute Gasteiger partial charge is 0.261 e. The minimum atomic E-state index is -2.70. The molecule has 0 spiro atoms. The highest BCUT2D eigenvalue weighted by Gasteiger charge is 2.50. The van der Waals surface area contributed by atoms with E-state index in [0.29, 0.717) is 6.61 Å². The van der Waals surface area contributed by atoms with Gasteiger partial charge in [0.15, 0.2) is 6.29 Å². The van der Waals surface area contributed by atoms with Gasteiger partial charge in [-0.2, -0.15) is 0 Å². The number of ether oxygens (including phenoxy) is 2. The van der Waals surface area contributed by atoms with Gasteiger partial charge in [0.2, 0.25) is 0 Å². The van der Waals surface area contributed by atoms with Crippen LogP contribution in [0.25, 0.3) is 0 Å². The summed E-state index contributed by atoms with van der Waals surface area (Å²) in [6, 6.07) is 28.4. The first-order valence-electron chi connectivity index (χ1n) is 10.9. The van der Waals surface area contributed by atoms with E-state index in [2.05, 4.69) is 45.0 Å². The molecule has 0 saturated heterocycles. The monoisotopic (exact) mass is 448 g/mol. The molecule has 0 aliphatic rings. The predicted octanol–water partition coefficient (Wildman–Crippen LogP) is 4.36. The lowest BCUT2D eigenvalue weighted by atomic mass is 10.2. The van der Waals surface area contributed by atoms with Gasteiger partial charge in [-0.3, -0.25) is 0 Å². The van der Waals surface area contributed by atoms with Gasteiger partial charge in [0.05, 0.1) is 20.3 Å². The molecule has 0 bridgehead atoms. The van der Waals surface area contributed by atoms with Crippen molar-refractivity contribution in [2.45, 2.75) is 38.5 Å². The number of benzene rings is 3. The fraction of sp³-hybridized carbons (Fsp3) is 0.296. The van der Waals surface area contributed by atoms with Crippen molar-refractivity contribution in [2.24, 2.45) is 0 Å². The van der Waals surface area contributed by atoms with Gasteiger partial charge in [-0.1, -0.05) is 93.6 Å². The number of hydrogen-bond acceptors (Lipinski definition) is 4. The molecule has 0 aromatic heterocycles. The quantitative estimate of drug-likeness (QED) is 0.342. The normalized spacial score (nSPS) is 12.9. The fourth-order valence-corrected chi connectivity index (χ4v) is 8.59. The molecule has 0 aliphatic heterocycles. The summed E-state index contributed by atoms with van der Waals surface area (Å²) in [6.07, 6.45) is 0.181. The number of rotatable bonds is 10. The third-order valence-corrected chi connectivity index (χ3v) is 10.7. The van der Waals surface area contributed by atoms with Crippen molar-refractivity contribution in [1.82, 2.24) is 0 Å². The lowest BCUT2D eigenvalue weighted by Gasteiger charge is -2.43. The molecule has 0 amide bonds. The molecule has 3 aromatic carbocycles. The maximum Gasteiger partial charge on any atom is 0.261 e. The highest BCUT2D eigenvalue weighted by atomic mass is 28.4. The van der Waals surface area contributed by atoms with E-state index in [9.17, 15) is 4.79 Å². The van der Waals surface area contributed by atoms with Crippen molar-refractivity contribution in [1.29, 1.82) is 0 Å². The molecule has 5 heteroatoms. The van der Waals surface area contributed by atoms with E-state index >= 15 is 0 Å². The van der Waals surface area contributed by atoms with Crippen LogP contribution in [0, 0.1) is 0 Å². The zero-order valence-electron chi connectivity index (χ0n) is 19.3. The highest BCUT2D eigenvalue weighted by molar-refractivity contribution is 6.99. The molecule has 0 unspecified atom stereocenters. The molecular formula is C27H32O4Si. The summed E-state index contributed by atoms with van der Waals surface area (Å²) in [4.78, 5) is 11.9. The molecule has 168 valence electrons. The van der Waals surface area contributed by atoms with Crippen molar-refractivity contribution < 1.29 is 18.7 Å². The van der Waals surface area contributed by atoms with Crippen LogP contribution in [-0.4, -0.2) is 34.4 Å². The topological polar surface area (TPSA) is 44.8 Å². The van der Waals surface area contributed by atoms with Crippen LogP contribution in [0.4, 0.5) is 0 Å². The van der Waals surface area contributed by atoms with Gasteiger partial charge in [0, 0.05) is 0 Å².